The van der Waals surface area contributed by atoms with Gasteiger partial charge in [0, 0.05) is 16.7 Å². The van der Waals surface area contributed by atoms with Crippen molar-refractivity contribution in [1.82, 2.24) is 9.78 Å². The summed E-state index contributed by atoms with van der Waals surface area (Å²) in [6.07, 6.45) is 0. The number of carbonyl (C=O) groups is 1. The van der Waals surface area contributed by atoms with E-state index in [1.165, 1.54) is 6.07 Å². The third-order valence-corrected chi connectivity index (χ3v) is 4.99. The molecule has 1 heterocycles. The van der Waals surface area contributed by atoms with Gasteiger partial charge in [-0.05, 0) is 35.0 Å². The molecule has 5 nitrogen and oxygen atoms in total. The first-order valence-electron chi connectivity index (χ1n) is 8.82. The number of hydrogen-bond donors (Lipinski definition) is 1. The maximum atomic E-state index is 12.4. The Kier molecular flexibility index (Phi) is 5.34. The predicted molar refractivity (Wildman–Crippen MR) is 117 cm³/mol. The molecule has 144 valence electrons. The Hall–Kier alpha value is -3.15. The largest absolute Gasteiger partial charge is 0.323 e. The van der Waals surface area contributed by atoms with E-state index in [0.29, 0.717) is 21.4 Å². The first-order valence-corrected chi connectivity index (χ1v) is 9.58. The number of benzene rings is 3. The van der Waals surface area contributed by atoms with Crippen molar-refractivity contribution in [1.29, 1.82) is 0 Å². The van der Waals surface area contributed by atoms with Crippen molar-refractivity contribution in [2.24, 2.45) is 0 Å². The van der Waals surface area contributed by atoms with E-state index < -0.39 is 5.91 Å². The van der Waals surface area contributed by atoms with Crippen molar-refractivity contribution in [2.75, 3.05) is 5.32 Å². The molecule has 1 amide bonds. The summed E-state index contributed by atoms with van der Waals surface area (Å²) in [5.74, 6) is -0.432. The molecule has 4 aromatic rings. The van der Waals surface area contributed by atoms with Crippen LogP contribution in [0.2, 0.25) is 10.0 Å². The van der Waals surface area contributed by atoms with Gasteiger partial charge in [-0.15, -0.1) is 0 Å². The van der Waals surface area contributed by atoms with Crippen LogP contribution in [0.3, 0.4) is 0 Å². The molecule has 0 fully saturated rings. The lowest BCUT2D eigenvalue weighted by molar-refractivity contribution is -0.117. The number of anilines is 1. The number of halogens is 2. The van der Waals surface area contributed by atoms with Crippen LogP contribution >= 0.6 is 23.2 Å². The minimum atomic E-state index is -0.432. The molecule has 1 N–H and O–H groups in total. The number of rotatable bonds is 4. The average Bonchev–Trinajstić information content (AvgIpc) is 2.72. The number of nitrogens with zero attached hydrogens (tertiary/aromatic N) is 2. The van der Waals surface area contributed by atoms with E-state index in [9.17, 15) is 9.59 Å². The topological polar surface area (TPSA) is 64.0 Å². The lowest BCUT2D eigenvalue weighted by Crippen LogP contribution is -2.29. The molecule has 29 heavy (non-hydrogen) atoms. The molecular formula is C22H15Cl2N3O2. The maximum absolute atomic E-state index is 12.4. The molecule has 0 bridgehead atoms. The van der Waals surface area contributed by atoms with Gasteiger partial charge in [-0.25, -0.2) is 4.68 Å². The molecule has 0 aliphatic rings. The van der Waals surface area contributed by atoms with Crippen LogP contribution in [0.1, 0.15) is 0 Å². The summed E-state index contributed by atoms with van der Waals surface area (Å²) in [5.41, 5.74) is 1.49. The summed E-state index contributed by atoms with van der Waals surface area (Å²) in [7, 11) is 0. The number of hydrogen-bond acceptors (Lipinski definition) is 3. The van der Waals surface area contributed by atoms with Crippen molar-refractivity contribution < 1.29 is 4.79 Å². The molecule has 7 heteroatoms. The van der Waals surface area contributed by atoms with Crippen molar-refractivity contribution >= 4 is 45.6 Å². The highest BCUT2D eigenvalue weighted by Crippen LogP contribution is 2.27. The Morgan fingerprint density at radius 1 is 0.966 bits per heavy atom. The van der Waals surface area contributed by atoms with Crippen LogP contribution < -0.4 is 10.9 Å². The summed E-state index contributed by atoms with van der Waals surface area (Å²) in [5, 5.41) is 9.94. The minimum Gasteiger partial charge on any atom is -0.323 e. The second-order valence-corrected chi connectivity index (χ2v) is 7.26. The Balaban J connectivity index is 1.64. The fourth-order valence-corrected chi connectivity index (χ4v) is 3.41. The third-order valence-electron chi connectivity index (χ3n) is 4.43. The first kappa shape index (κ1) is 19.2. The SMILES string of the molecule is O=C(Cn1nc(-c2cccc3ccccc23)ccc1=O)Nc1cc(Cl)ccc1Cl. The van der Waals surface area contributed by atoms with Crippen LogP contribution in [-0.2, 0) is 11.3 Å². The van der Waals surface area contributed by atoms with Gasteiger partial charge in [0.25, 0.3) is 5.56 Å². The highest BCUT2D eigenvalue weighted by Gasteiger charge is 2.11. The second kappa shape index (κ2) is 8.07. The van der Waals surface area contributed by atoms with Crippen LogP contribution in [0.5, 0.6) is 0 Å². The zero-order valence-corrected chi connectivity index (χ0v) is 16.6. The Bertz CT molecular complexity index is 1280. The number of fused-ring (bicyclic) bond motifs is 1. The van der Waals surface area contributed by atoms with Crippen molar-refractivity contribution in [3.63, 3.8) is 0 Å². The fraction of sp³-hybridized carbons (Fsp3) is 0.0455. The predicted octanol–water partition coefficient (Wildman–Crippen LogP) is 5.01. The first-order chi connectivity index (χ1) is 14.0. The summed E-state index contributed by atoms with van der Waals surface area (Å²) in [4.78, 5) is 24.7. The molecule has 0 atom stereocenters. The van der Waals surface area contributed by atoms with Gasteiger partial charge in [0.15, 0.2) is 0 Å². The molecule has 0 unspecified atom stereocenters. The Morgan fingerprint density at radius 3 is 2.62 bits per heavy atom. The van der Waals surface area contributed by atoms with Gasteiger partial charge >= 0.3 is 0 Å². The quantitative estimate of drug-likeness (QED) is 0.501. The van der Waals surface area contributed by atoms with Crippen LogP contribution in [0.25, 0.3) is 22.0 Å². The van der Waals surface area contributed by atoms with Crippen LogP contribution in [0.4, 0.5) is 5.69 Å². The highest BCUT2D eigenvalue weighted by atomic mass is 35.5. The smallest absolute Gasteiger partial charge is 0.267 e. The van der Waals surface area contributed by atoms with Crippen molar-refractivity contribution in [3.8, 4) is 11.3 Å². The number of carbonyl (C=O) groups excluding carboxylic acids is 1. The maximum Gasteiger partial charge on any atom is 0.267 e. The van der Waals surface area contributed by atoms with Gasteiger partial charge < -0.3 is 5.32 Å². The van der Waals surface area contributed by atoms with E-state index in [-0.39, 0.29) is 12.1 Å². The number of aromatic nitrogens is 2. The summed E-state index contributed by atoms with van der Waals surface area (Å²) >= 11 is 12.0. The normalized spacial score (nSPS) is 10.8. The third kappa shape index (κ3) is 4.16. The molecular weight excluding hydrogens is 409 g/mol. The van der Waals surface area contributed by atoms with E-state index in [4.69, 9.17) is 23.2 Å². The summed E-state index contributed by atoms with van der Waals surface area (Å²) in [6.45, 7) is -0.250. The van der Waals surface area contributed by atoms with Crippen LogP contribution in [0.15, 0.2) is 77.6 Å². The molecule has 0 radical (unpaired) electrons. The highest BCUT2D eigenvalue weighted by molar-refractivity contribution is 6.35. The fourth-order valence-electron chi connectivity index (χ4n) is 3.07. The van der Waals surface area contributed by atoms with Gasteiger partial charge in [-0.3, -0.25) is 9.59 Å². The van der Waals surface area contributed by atoms with E-state index >= 15 is 0 Å². The summed E-state index contributed by atoms with van der Waals surface area (Å²) in [6, 6.07) is 21.6. The number of amides is 1. The molecule has 0 saturated carbocycles. The van der Waals surface area contributed by atoms with E-state index in [2.05, 4.69) is 10.4 Å². The molecule has 0 saturated heterocycles. The Labute approximate surface area is 176 Å². The minimum absolute atomic E-state index is 0.250. The standard InChI is InChI=1S/C22H15Cl2N3O2/c23-15-8-9-18(24)20(12-15)25-21(28)13-27-22(29)11-10-19(26-27)17-7-3-5-14-4-1-2-6-16(14)17/h1-12H,13H2,(H,25,28). The van der Waals surface area contributed by atoms with Gasteiger partial charge in [-0.2, -0.15) is 5.10 Å². The van der Waals surface area contributed by atoms with Gasteiger partial charge in [0.2, 0.25) is 5.91 Å². The van der Waals surface area contributed by atoms with E-state index in [1.54, 1.807) is 24.3 Å². The van der Waals surface area contributed by atoms with Crippen LogP contribution in [-0.4, -0.2) is 15.7 Å². The molecule has 0 aliphatic carbocycles. The van der Waals surface area contributed by atoms with Gasteiger partial charge in [0.05, 0.1) is 16.4 Å². The second-order valence-electron chi connectivity index (χ2n) is 6.41. The average molecular weight is 424 g/mol. The molecule has 0 spiro atoms. The lowest BCUT2D eigenvalue weighted by atomic mass is 10.0. The molecule has 3 aromatic carbocycles. The zero-order chi connectivity index (χ0) is 20.4. The van der Waals surface area contributed by atoms with Crippen molar-refractivity contribution in [2.45, 2.75) is 6.54 Å². The Morgan fingerprint density at radius 2 is 1.76 bits per heavy atom. The van der Waals surface area contributed by atoms with Gasteiger partial charge in [0.1, 0.15) is 6.54 Å². The zero-order valence-electron chi connectivity index (χ0n) is 15.1. The monoisotopic (exact) mass is 423 g/mol. The van der Waals surface area contributed by atoms with Crippen molar-refractivity contribution in [3.05, 3.63) is 93.2 Å². The summed E-state index contributed by atoms with van der Waals surface area (Å²) < 4.78 is 1.13. The van der Waals surface area contributed by atoms with E-state index in [1.807, 2.05) is 42.5 Å². The number of nitrogens with one attached hydrogen (secondary N) is 1. The molecule has 0 aliphatic heterocycles. The van der Waals surface area contributed by atoms with Gasteiger partial charge in [-0.1, -0.05) is 65.7 Å². The lowest BCUT2D eigenvalue weighted by Gasteiger charge is -2.11. The van der Waals surface area contributed by atoms with Crippen LogP contribution in [0, 0.1) is 0 Å². The molecule has 1 aromatic heterocycles. The van der Waals surface area contributed by atoms with E-state index in [0.717, 1.165) is 21.0 Å². The molecule has 4 rings (SSSR count).